The molecular weight excluding hydrogens is 945 g/mol. The van der Waals surface area contributed by atoms with Crippen LogP contribution >= 0.6 is 72.3 Å². The summed E-state index contributed by atoms with van der Waals surface area (Å²) >= 11 is 10.6. The van der Waals surface area contributed by atoms with Crippen LogP contribution in [0.1, 0.15) is 0 Å². The van der Waals surface area contributed by atoms with Crippen molar-refractivity contribution in [2.24, 2.45) is 4.52 Å². The highest BCUT2D eigenvalue weighted by molar-refractivity contribution is 9.11. The monoisotopic (exact) mass is 972 g/mol. The maximum absolute atomic E-state index is 6.94. The van der Waals surface area contributed by atoms with E-state index in [-0.39, 0.29) is 0 Å². The fraction of sp³-hybridized carbons (Fsp3) is 0. The molecule has 0 aromatic heterocycles. The highest BCUT2D eigenvalue weighted by atomic mass is 79.9. The van der Waals surface area contributed by atoms with Gasteiger partial charge in [-0.1, -0.05) is 47.8 Å². The molecule has 0 saturated heterocycles. The van der Waals surface area contributed by atoms with Crippen LogP contribution in [0.3, 0.4) is 0 Å². The van der Waals surface area contributed by atoms with E-state index in [2.05, 4.69) is 47.8 Å². The molecule has 12 nitrogen and oxygen atoms in total. The minimum Gasteiger partial charge on any atom is -0.440 e. The van der Waals surface area contributed by atoms with Gasteiger partial charge in [0.25, 0.3) is 0 Å². The molecule has 18 heteroatoms. The maximum Gasteiger partial charge on any atom is 0.447 e. The van der Waals surface area contributed by atoms with Crippen LogP contribution in [-0.2, 0) is 0 Å². The molecule has 0 spiro atoms. The van der Waals surface area contributed by atoms with E-state index in [0.717, 1.165) is 13.4 Å². The summed E-state index contributed by atoms with van der Waals surface area (Å²) in [7, 11) is -8.37. The summed E-state index contributed by atoms with van der Waals surface area (Å²) in [6.45, 7) is 0. The van der Waals surface area contributed by atoms with Crippen LogP contribution in [0, 0.1) is 0 Å². The highest BCUT2D eigenvalue weighted by Gasteiger charge is 2.58. The number of nitrogen functional groups attached to an aromatic ring is 3. The minimum absolute atomic E-state index is 0.392. The summed E-state index contributed by atoms with van der Waals surface area (Å²) < 4.78 is 38.3. The number of nitrogens with two attached hydrogens (primary N) is 3. The molecule has 0 saturated carbocycles. The number of rotatable bonds is 12. The van der Waals surface area contributed by atoms with Gasteiger partial charge in [-0.25, -0.2) is 0 Å². The Labute approximate surface area is 339 Å². The number of hydrogen-bond acceptors (Lipinski definition) is 12. The summed E-state index contributed by atoms with van der Waals surface area (Å²) in [6, 6.07) is 42.7. The van der Waals surface area contributed by atoms with Crippen molar-refractivity contribution in [3.8, 4) is 34.5 Å². The van der Waals surface area contributed by atoms with E-state index in [1.807, 2.05) is 48.5 Å². The van der Waals surface area contributed by atoms with Crippen molar-refractivity contribution in [3.05, 3.63) is 159 Å². The van der Waals surface area contributed by atoms with Gasteiger partial charge < -0.3 is 45.0 Å². The van der Waals surface area contributed by atoms with Crippen molar-refractivity contribution in [2.45, 2.75) is 0 Å². The molecule has 0 aliphatic carbocycles. The predicted octanol–water partition coefficient (Wildman–Crippen LogP) is 12.3. The number of benzene rings is 6. The van der Waals surface area contributed by atoms with Crippen molar-refractivity contribution >= 4 is 89.4 Å². The van der Waals surface area contributed by atoms with Crippen molar-refractivity contribution in [1.82, 2.24) is 9.21 Å². The predicted molar refractivity (Wildman–Crippen MR) is 226 cm³/mol. The van der Waals surface area contributed by atoms with Crippen molar-refractivity contribution < 1.29 is 27.8 Å². The fourth-order valence-corrected chi connectivity index (χ4v) is 12.8. The van der Waals surface area contributed by atoms with Gasteiger partial charge in [-0.15, -0.1) is 4.52 Å². The van der Waals surface area contributed by atoms with Crippen molar-refractivity contribution in [3.63, 3.8) is 0 Å². The summed E-state index contributed by atoms with van der Waals surface area (Å²) in [5.74, 6) is 2.64. The van der Waals surface area contributed by atoms with Crippen LogP contribution in [-0.4, -0.2) is 9.21 Å². The first-order valence-electron chi connectivity index (χ1n) is 15.9. The molecule has 0 bridgehead atoms. The Morgan fingerprint density at radius 3 is 1.24 bits per heavy atom. The molecule has 0 amide bonds. The van der Waals surface area contributed by atoms with Gasteiger partial charge >= 0.3 is 24.6 Å². The summed E-state index contributed by atoms with van der Waals surface area (Å²) in [4.78, 5) is 13.4. The second kappa shape index (κ2) is 17.2. The Morgan fingerprint density at radius 2 is 0.796 bits per heavy atom. The molecule has 0 radical (unpaired) electrons. The van der Waals surface area contributed by atoms with E-state index >= 15 is 0 Å². The van der Waals surface area contributed by atoms with Crippen LogP contribution in [0.25, 0.3) is 0 Å². The molecule has 7 rings (SSSR count). The number of nitrogens with zero attached hydrogens (tertiary/aromatic N) is 3. The highest BCUT2D eigenvalue weighted by Crippen LogP contribution is 2.77. The third-order valence-corrected chi connectivity index (χ3v) is 15.6. The Hall–Kier alpha value is -4.03. The average molecular weight is 975 g/mol. The number of halogens is 3. The standard InChI is InChI=1S/C36H30Br3N6O6P3/c37-25-1-13-33(14-2-25)48-52-43-54(50-35-15-3-26(38)4-16-35,51-36-17-5-27(39)6-18-36)45(47-32-21-9-29(41)10-22-32)53(49-34-23-11-30(42)12-24-34)44(52)46-31-19-7-28(40)8-20-31/h1-24H,40-42H2. The Bertz CT molecular complexity index is 2180. The zero-order valence-electron chi connectivity index (χ0n) is 27.9. The minimum atomic E-state index is -3.90. The van der Waals surface area contributed by atoms with Crippen molar-refractivity contribution in [1.29, 1.82) is 0 Å². The smallest absolute Gasteiger partial charge is 0.440 e. The van der Waals surface area contributed by atoms with Crippen LogP contribution in [0.4, 0.5) is 17.1 Å². The molecule has 0 fully saturated rings. The summed E-state index contributed by atoms with van der Waals surface area (Å²) in [5.41, 5.74) is 19.9. The third-order valence-electron chi connectivity index (χ3n) is 7.12. The summed E-state index contributed by atoms with van der Waals surface area (Å²) in [5, 5.41) is 0. The fourth-order valence-electron chi connectivity index (χ4n) is 4.52. The van der Waals surface area contributed by atoms with Gasteiger partial charge in [0.1, 0.15) is 34.5 Å². The van der Waals surface area contributed by atoms with E-state index < -0.39 is 24.6 Å². The van der Waals surface area contributed by atoms with E-state index in [0.29, 0.717) is 51.6 Å². The van der Waals surface area contributed by atoms with Gasteiger partial charge in [-0.2, -0.15) is 0 Å². The molecule has 1 aliphatic heterocycles. The molecule has 6 aromatic rings. The second-order valence-corrected chi connectivity index (χ2v) is 19.5. The van der Waals surface area contributed by atoms with Crippen LogP contribution in [0.15, 0.2) is 164 Å². The lowest BCUT2D eigenvalue weighted by Crippen LogP contribution is -2.37. The van der Waals surface area contributed by atoms with Gasteiger partial charge in [0.15, 0.2) is 0 Å². The third kappa shape index (κ3) is 9.60. The first-order valence-corrected chi connectivity index (χ1v) is 22.1. The topological polar surface area (TPSA) is 152 Å². The zero-order chi connectivity index (χ0) is 37.7. The van der Waals surface area contributed by atoms with Crippen molar-refractivity contribution in [2.75, 3.05) is 17.2 Å². The summed E-state index contributed by atoms with van der Waals surface area (Å²) in [6.07, 6.45) is 0. The molecule has 276 valence electrons. The van der Waals surface area contributed by atoms with E-state index in [4.69, 9.17) is 49.5 Å². The first-order chi connectivity index (χ1) is 26.1. The lowest BCUT2D eigenvalue weighted by Gasteiger charge is -2.43. The maximum atomic E-state index is 6.94. The molecule has 6 N–H and O–H groups in total. The molecule has 1 heterocycles. The number of hydrogen-bond donors (Lipinski definition) is 3. The van der Waals surface area contributed by atoms with Gasteiger partial charge in [0.2, 0.25) is 0 Å². The average Bonchev–Trinajstić information content (AvgIpc) is 3.16. The zero-order valence-corrected chi connectivity index (χ0v) is 35.3. The molecule has 2 unspecified atom stereocenters. The second-order valence-electron chi connectivity index (χ2n) is 11.2. The van der Waals surface area contributed by atoms with Crippen LogP contribution in [0.5, 0.6) is 34.5 Å². The molecule has 54 heavy (non-hydrogen) atoms. The van der Waals surface area contributed by atoms with E-state index in [1.54, 1.807) is 97.1 Å². The quantitative estimate of drug-likeness (QED) is 0.0793. The molecule has 2 atom stereocenters. The number of anilines is 3. The lowest BCUT2D eigenvalue weighted by atomic mass is 10.3. The Balaban J connectivity index is 1.48. The van der Waals surface area contributed by atoms with Crippen LogP contribution in [0.2, 0.25) is 0 Å². The molecular formula is C36H30Br3N6O6P3. The Kier molecular flexibility index (Phi) is 12.2. The van der Waals surface area contributed by atoms with Gasteiger partial charge in [-0.3, -0.25) is 0 Å². The normalized spacial score (nSPS) is 16.8. The van der Waals surface area contributed by atoms with Gasteiger partial charge in [0.05, 0.1) is 0 Å². The molecule has 1 aliphatic rings. The van der Waals surface area contributed by atoms with Gasteiger partial charge in [0, 0.05) is 39.7 Å². The largest absolute Gasteiger partial charge is 0.447 e. The first kappa shape index (κ1) is 38.3. The van der Waals surface area contributed by atoms with Gasteiger partial charge in [-0.05, 0) is 146 Å². The molecule has 6 aromatic carbocycles. The van der Waals surface area contributed by atoms with E-state index in [1.165, 1.54) is 9.21 Å². The van der Waals surface area contributed by atoms with E-state index in [9.17, 15) is 0 Å². The van der Waals surface area contributed by atoms with Crippen LogP contribution < -0.4 is 45.0 Å². The Morgan fingerprint density at radius 1 is 0.444 bits per heavy atom. The SMILES string of the molecule is Nc1ccc(ON2P(Oc3ccc(Br)cc3)N=P(Oc3ccc(Br)cc3)(Oc3ccc(Br)cc3)N(Oc3ccc(N)cc3)P2Oc2ccc(N)cc2)cc1. The lowest BCUT2D eigenvalue weighted by molar-refractivity contribution is 0.0546.